The van der Waals surface area contributed by atoms with E-state index in [1.807, 2.05) is 101 Å². The van der Waals surface area contributed by atoms with Gasteiger partial charge in [-0.15, -0.1) is 0 Å². The van der Waals surface area contributed by atoms with E-state index in [2.05, 4.69) is 17.1 Å². The van der Waals surface area contributed by atoms with Crippen LogP contribution in [0.1, 0.15) is 42.6 Å². The fourth-order valence-electron chi connectivity index (χ4n) is 6.40. The van der Waals surface area contributed by atoms with Crippen molar-refractivity contribution in [3.63, 3.8) is 0 Å². The Morgan fingerprint density at radius 2 is 1.24 bits per heavy atom. The Bertz CT molecular complexity index is 2270. The van der Waals surface area contributed by atoms with Crippen molar-refractivity contribution in [2.45, 2.75) is 25.7 Å². The van der Waals surface area contributed by atoms with Gasteiger partial charge >= 0.3 is 0 Å². The predicted molar refractivity (Wildman–Crippen MR) is 200 cm³/mol. The monoisotopic (exact) mass is 724 g/mol. The molecule has 12 nitrogen and oxygen atoms in total. The zero-order valence-electron chi connectivity index (χ0n) is 27.6. The number of allylic oxidation sites excluding steroid dienone is 8. The number of rotatable bonds is 11. The van der Waals surface area contributed by atoms with Crippen molar-refractivity contribution in [2.75, 3.05) is 24.6 Å². The Morgan fingerprint density at radius 3 is 1.84 bits per heavy atom. The van der Waals surface area contributed by atoms with Crippen molar-refractivity contribution < 1.29 is 25.9 Å². The Kier molecular flexibility index (Phi) is 9.57. The van der Waals surface area contributed by atoms with Gasteiger partial charge in [0.2, 0.25) is 0 Å². The Labute approximate surface area is 296 Å². The highest BCUT2D eigenvalue weighted by atomic mass is 32.2. The van der Waals surface area contributed by atoms with Crippen molar-refractivity contribution in [3.05, 3.63) is 143 Å². The molecule has 14 heteroatoms. The molecule has 5 aliphatic heterocycles. The van der Waals surface area contributed by atoms with Gasteiger partial charge in [0, 0.05) is 42.5 Å². The fourth-order valence-corrected chi connectivity index (χ4v) is 7.54. The molecule has 1 aromatic carbocycles. The summed E-state index contributed by atoms with van der Waals surface area (Å²) in [7, 11) is -8.18. The highest BCUT2D eigenvalue weighted by Crippen LogP contribution is 2.33. The molecule has 6 heterocycles. The third-order valence-corrected chi connectivity index (χ3v) is 10.3. The van der Waals surface area contributed by atoms with Crippen LogP contribution in [0.5, 0.6) is 0 Å². The van der Waals surface area contributed by atoms with Gasteiger partial charge in [0.25, 0.3) is 20.2 Å². The van der Waals surface area contributed by atoms with Crippen molar-refractivity contribution in [2.24, 2.45) is 15.0 Å². The second-order valence-electron chi connectivity index (χ2n) is 12.5. The largest absolute Gasteiger partial charge is 0.355 e. The molecule has 5 aliphatic rings. The highest BCUT2D eigenvalue weighted by Gasteiger charge is 2.30. The smallest absolute Gasteiger partial charge is 0.264 e. The van der Waals surface area contributed by atoms with E-state index in [9.17, 15) is 25.9 Å². The molecule has 0 amide bonds. The van der Waals surface area contributed by atoms with Gasteiger partial charge in [0.15, 0.2) is 0 Å². The van der Waals surface area contributed by atoms with Crippen LogP contribution in [0.2, 0.25) is 0 Å². The van der Waals surface area contributed by atoms with Crippen LogP contribution in [-0.2, 0) is 20.2 Å². The number of nitrogens with one attached hydrogen (secondary N) is 1. The fraction of sp³-hybridized carbons (Fsp3) is 0.216. The molecule has 0 radical (unpaired) electrons. The van der Waals surface area contributed by atoms with Crippen LogP contribution in [0.3, 0.4) is 0 Å². The molecule has 0 saturated heterocycles. The highest BCUT2D eigenvalue weighted by molar-refractivity contribution is 7.86. The normalized spacial score (nSPS) is 18.2. The van der Waals surface area contributed by atoms with Gasteiger partial charge in [-0.3, -0.25) is 9.11 Å². The number of aliphatic imine (C=N–C) groups is 3. The summed E-state index contributed by atoms with van der Waals surface area (Å²) < 4.78 is 64.1. The molecule has 8 bridgehead atoms. The van der Waals surface area contributed by atoms with Gasteiger partial charge in [-0.1, -0.05) is 30.3 Å². The number of unbranched alkanes of at least 4 members (excludes halogenated alkanes) is 2. The number of aromatic amines is 1. The number of fused-ring (bicyclic) bond motifs is 5. The zero-order chi connectivity index (χ0) is 35.6. The summed E-state index contributed by atoms with van der Waals surface area (Å²) in [4.78, 5) is 22.6. The van der Waals surface area contributed by atoms with Crippen LogP contribution in [0, 0.1) is 0 Å². The lowest BCUT2D eigenvalue weighted by atomic mass is 10.0. The number of H-pyrrole nitrogens is 1. The van der Waals surface area contributed by atoms with Crippen LogP contribution in [0.4, 0.5) is 0 Å². The molecule has 0 fully saturated rings. The summed E-state index contributed by atoms with van der Waals surface area (Å²) in [5, 5.41) is 0. The summed E-state index contributed by atoms with van der Waals surface area (Å²) in [6.07, 6.45) is 20.8. The maximum absolute atomic E-state index is 11.4. The van der Waals surface area contributed by atoms with Crippen molar-refractivity contribution in [3.8, 4) is 0 Å². The van der Waals surface area contributed by atoms with E-state index in [0.29, 0.717) is 43.1 Å². The van der Waals surface area contributed by atoms with Gasteiger partial charge in [-0.25, -0.2) is 15.0 Å². The molecule has 262 valence electrons. The summed E-state index contributed by atoms with van der Waals surface area (Å²) in [6, 6.07) is 14.2. The average Bonchev–Trinajstić information content (AvgIpc) is 3.93. The first-order chi connectivity index (χ1) is 24.5. The zero-order valence-corrected chi connectivity index (χ0v) is 29.2. The molecular formula is C37H36N6O6S2. The van der Waals surface area contributed by atoms with Crippen molar-refractivity contribution >= 4 is 49.0 Å². The molecular weight excluding hydrogens is 689 g/mol. The number of hydrogen-bond acceptors (Lipinski definition) is 9. The molecule has 7 rings (SSSR count). The van der Waals surface area contributed by atoms with E-state index in [1.165, 1.54) is 0 Å². The lowest BCUT2D eigenvalue weighted by Gasteiger charge is -2.28. The number of nitrogens with zero attached hydrogens (tertiary/aromatic N) is 5. The summed E-state index contributed by atoms with van der Waals surface area (Å²) >= 11 is 0. The Balaban J connectivity index is 1.32. The van der Waals surface area contributed by atoms with Gasteiger partial charge in [0.05, 0.1) is 51.3 Å². The van der Waals surface area contributed by atoms with E-state index in [4.69, 9.17) is 15.0 Å². The minimum absolute atomic E-state index is 0.262. The van der Waals surface area contributed by atoms with Crippen LogP contribution in [0.15, 0.2) is 141 Å². The lowest BCUT2D eigenvalue weighted by molar-refractivity contribution is 0.345. The predicted octanol–water partition coefficient (Wildman–Crippen LogP) is 5.68. The number of hydrogen-bond donors (Lipinski definition) is 3. The van der Waals surface area contributed by atoms with Crippen molar-refractivity contribution in [1.29, 1.82) is 0 Å². The molecule has 3 N–H and O–H groups in total. The minimum atomic E-state index is -4.09. The van der Waals surface area contributed by atoms with Crippen LogP contribution >= 0.6 is 0 Å². The van der Waals surface area contributed by atoms with Gasteiger partial charge in [-0.2, -0.15) is 16.8 Å². The van der Waals surface area contributed by atoms with E-state index < -0.39 is 20.2 Å². The van der Waals surface area contributed by atoms with Gasteiger partial charge in [-0.05, 0) is 92.0 Å². The van der Waals surface area contributed by atoms with Gasteiger partial charge < -0.3 is 14.8 Å². The summed E-state index contributed by atoms with van der Waals surface area (Å²) in [6.45, 7) is 0.884. The first-order valence-electron chi connectivity index (χ1n) is 16.6. The van der Waals surface area contributed by atoms with Crippen LogP contribution in [0.25, 0.3) is 11.6 Å². The van der Waals surface area contributed by atoms with E-state index >= 15 is 0 Å². The van der Waals surface area contributed by atoms with E-state index in [-0.39, 0.29) is 24.3 Å². The quantitative estimate of drug-likeness (QED) is 0.197. The Hall–Kier alpha value is -5.15. The molecule has 0 saturated carbocycles. The number of aromatic nitrogens is 1. The van der Waals surface area contributed by atoms with Crippen molar-refractivity contribution in [1.82, 2.24) is 14.8 Å². The molecule has 0 aliphatic carbocycles. The third-order valence-electron chi connectivity index (χ3n) is 8.69. The molecule has 2 aromatic rings. The summed E-state index contributed by atoms with van der Waals surface area (Å²) in [5.41, 5.74) is 8.84. The average molecular weight is 725 g/mol. The topological polar surface area (TPSA) is 168 Å². The second-order valence-corrected chi connectivity index (χ2v) is 15.6. The lowest BCUT2D eigenvalue weighted by Crippen LogP contribution is -2.30. The minimum Gasteiger partial charge on any atom is -0.355 e. The first kappa shape index (κ1) is 34.3. The van der Waals surface area contributed by atoms with E-state index in [1.54, 1.807) is 0 Å². The Morgan fingerprint density at radius 1 is 0.627 bits per heavy atom. The molecule has 0 atom stereocenters. The van der Waals surface area contributed by atoms with Crippen LogP contribution < -0.4 is 0 Å². The standard InChI is InChI=1S/C37H36N6O6S2/c44-50(45,46)22-6-4-18-42-20-21-43(19-5-7-23-51(47,48)49)37(42)36-33-16-12-29(40-33)24-27-10-14-31(38-27)35(26-8-2-1-3-9-26)32-15-11-28(39-32)25-30-13-17-34(36)41-30/h1-3,8-17,20-21,24-25,38H,4-7,18-19,22-23H2,(H,44,45,46)(H,47,48,49). The molecule has 0 spiro atoms. The van der Waals surface area contributed by atoms with Gasteiger partial charge in [0.1, 0.15) is 5.82 Å². The van der Waals surface area contributed by atoms with E-state index in [0.717, 1.165) is 51.0 Å². The maximum Gasteiger partial charge on any atom is 0.264 e. The third kappa shape index (κ3) is 8.26. The summed E-state index contributed by atoms with van der Waals surface area (Å²) in [5.74, 6) is 0.0685. The number of benzene rings is 1. The SMILES string of the molecule is O=S(=O)(O)CCCCN1C=CN(CCCCS(=O)(=O)O)C1=C1C2=NC(=CC3=NC(=C(c4ccccc4)c4ccc([nH]4)C=C4C=CC1=N4)C=C3)C=C2. The maximum atomic E-state index is 11.4. The first-order valence-corrected chi connectivity index (χ1v) is 19.8. The molecule has 1 aromatic heterocycles. The van der Waals surface area contributed by atoms with Crippen LogP contribution in [-0.4, -0.2) is 82.5 Å². The molecule has 0 unspecified atom stereocenters. The molecule has 51 heavy (non-hydrogen) atoms. The second kappa shape index (κ2) is 14.2.